The fourth-order valence-corrected chi connectivity index (χ4v) is 4.74. The van der Waals surface area contributed by atoms with Crippen molar-refractivity contribution >= 4 is 33.8 Å². The van der Waals surface area contributed by atoms with E-state index in [2.05, 4.69) is 44.2 Å². The second-order valence-corrected chi connectivity index (χ2v) is 8.61. The summed E-state index contributed by atoms with van der Waals surface area (Å²) in [6.07, 6.45) is 0.904. The lowest BCUT2D eigenvalue weighted by Crippen LogP contribution is -2.29. The number of amides is 1. The van der Waals surface area contributed by atoms with E-state index >= 15 is 0 Å². The lowest BCUT2D eigenvalue weighted by Gasteiger charge is -2.19. The van der Waals surface area contributed by atoms with Crippen LogP contribution < -0.4 is 4.90 Å². The Hall–Kier alpha value is -2.98. The van der Waals surface area contributed by atoms with Crippen molar-refractivity contribution in [1.29, 1.82) is 0 Å². The molecule has 4 heteroatoms. The molecule has 138 valence electrons. The van der Waals surface area contributed by atoms with Gasteiger partial charge in [0.2, 0.25) is 0 Å². The zero-order valence-electron chi connectivity index (χ0n) is 15.9. The van der Waals surface area contributed by atoms with Gasteiger partial charge in [-0.3, -0.25) is 4.79 Å². The smallest absolute Gasteiger partial charge is 0.259 e. The van der Waals surface area contributed by atoms with Crippen molar-refractivity contribution in [3.63, 3.8) is 0 Å². The number of aryl methyl sites for hydroxylation is 2. The Morgan fingerprint density at radius 3 is 2.71 bits per heavy atom. The fraction of sp³-hybridized carbons (Fsp3) is 0.167. The Kier molecular flexibility index (Phi) is 4.02. The summed E-state index contributed by atoms with van der Waals surface area (Å²) in [5.41, 5.74) is 5.85. The summed E-state index contributed by atoms with van der Waals surface area (Å²) in [6, 6.07) is 20.5. The Morgan fingerprint density at radius 1 is 1.04 bits per heavy atom. The summed E-state index contributed by atoms with van der Waals surface area (Å²) in [7, 11) is 0. The zero-order chi connectivity index (χ0) is 19.3. The Morgan fingerprint density at radius 2 is 1.89 bits per heavy atom. The van der Waals surface area contributed by atoms with Gasteiger partial charge in [-0.25, -0.2) is 4.98 Å². The maximum absolute atomic E-state index is 13.6. The molecule has 4 aromatic rings. The summed E-state index contributed by atoms with van der Waals surface area (Å²) < 4.78 is 0. The molecule has 5 rings (SSSR count). The van der Waals surface area contributed by atoms with Gasteiger partial charge in [0.15, 0.2) is 0 Å². The molecule has 3 heterocycles. The van der Waals surface area contributed by atoms with E-state index in [1.807, 2.05) is 35.2 Å². The molecule has 2 aromatic heterocycles. The first kappa shape index (κ1) is 17.1. The van der Waals surface area contributed by atoms with Gasteiger partial charge in [0, 0.05) is 22.5 Å². The number of hydrogen-bond acceptors (Lipinski definition) is 3. The predicted octanol–water partition coefficient (Wildman–Crippen LogP) is 5.78. The number of pyridine rings is 1. The van der Waals surface area contributed by atoms with Gasteiger partial charge in [0.1, 0.15) is 0 Å². The van der Waals surface area contributed by atoms with Crippen LogP contribution in [-0.2, 0) is 6.42 Å². The van der Waals surface area contributed by atoms with Crippen LogP contribution in [0.4, 0.5) is 5.69 Å². The molecule has 0 N–H and O–H groups in total. The van der Waals surface area contributed by atoms with Crippen LogP contribution >= 0.6 is 11.3 Å². The normalized spacial score (nSPS) is 13.1. The molecule has 0 atom stereocenters. The van der Waals surface area contributed by atoms with Crippen LogP contribution in [0.2, 0.25) is 0 Å². The molecule has 28 heavy (non-hydrogen) atoms. The zero-order valence-corrected chi connectivity index (χ0v) is 16.7. The van der Waals surface area contributed by atoms with Crippen molar-refractivity contribution in [1.82, 2.24) is 4.98 Å². The van der Waals surface area contributed by atoms with Crippen LogP contribution in [0.15, 0.2) is 60.7 Å². The third-order valence-corrected chi connectivity index (χ3v) is 6.34. The number of anilines is 1. The SMILES string of the molecule is Cc1ccc2nc(-c3ccc(C)s3)cc(C(=O)N3CCc4ccccc43)c2c1. The molecular formula is C24H20N2OS. The molecule has 0 radical (unpaired) electrons. The number of hydrogen-bond donors (Lipinski definition) is 0. The van der Waals surface area contributed by atoms with Crippen LogP contribution in [-0.4, -0.2) is 17.4 Å². The molecule has 0 saturated carbocycles. The highest BCUT2D eigenvalue weighted by Crippen LogP contribution is 2.33. The van der Waals surface area contributed by atoms with E-state index in [1.165, 1.54) is 10.4 Å². The van der Waals surface area contributed by atoms with Crippen LogP contribution in [0.3, 0.4) is 0 Å². The van der Waals surface area contributed by atoms with Gasteiger partial charge in [0.05, 0.1) is 21.7 Å². The monoisotopic (exact) mass is 384 g/mol. The van der Waals surface area contributed by atoms with E-state index in [9.17, 15) is 4.79 Å². The molecule has 1 aliphatic heterocycles. The first-order chi connectivity index (χ1) is 13.6. The highest BCUT2D eigenvalue weighted by molar-refractivity contribution is 7.15. The lowest BCUT2D eigenvalue weighted by atomic mass is 10.0. The average molecular weight is 385 g/mol. The van der Waals surface area contributed by atoms with Gasteiger partial charge in [-0.15, -0.1) is 11.3 Å². The number of para-hydroxylation sites is 1. The van der Waals surface area contributed by atoms with E-state index in [-0.39, 0.29) is 5.91 Å². The molecule has 0 aliphatic carbocycles. The van der Waals surface area contributed by atoms with Crippen LogP contribution in [0.25, 0.3) is 21.5 Å². The maximum atomic E-state index is 13.6. The molecule has 3 nitrogen and oxygen atoms in total. The van der Waals surface area contributed by atoms with E-state index in [0.717, 1.165) is 51.3 Å². The van der Waals surface area contributed by atoms with Gasteiger partial charge < -0.3 is 4.90 Å². The molecule has 0 spiro atoms. The third-order valence-electron chi connectivity index (χ3n) is 5.32. The first-order valence-electron chi connectivity index (χ1n) is 9.48. The summed E-state index contributed by atoms with van der Waals surface area (Å²) >= 11 is 1.71. The number of nitrogens with zero attached hydrogens (tertiary/aromatic N) is 2. The summed E-state index contributed by atoms with van der Waals surface area (Å²) in [6.45, 7) is 4.86. The van der Waals surface area contributed by atoms with Crippen molar-refractivity contribution in [2.75, 3.05) is 11.4 Å². The van der Waals surface area contributed by atoms with Crippen LogP contribution in [0.1, 0.15) is 26.4 Å². The van der Waals surface area contributed by atoms with Crippen molar-refractivity contribution < 1.29 is 4.79 Å². The van der Waals surface area contributed by atoms with Crippen molar-refractivity contribution in [2.45, 2.75) is 20.3 Å². The summed E-state index contributed by atoms with van der Waals surface area (Å²) in [5.74, 6) is 0.0532. The molecule has 1 aliphatic rings. The molecule has 1 amide bonds. The number of carbonyl (C=O) groups excluding carboxylic acids is 1. The fourth-order valence-electron chi connectivity index (χ4n) is 3.91. The Labute approximate surface area is 168 Å². The highest BCUT2D eigenvalue weighted by Gasteiger charge is 2.27. The molecule has 0 unspecified atom stereocenters. The third kappa shape index (κ3) is 2.81. The topological polar surface area (TPSA) is 33.2 Å². The highest BCUT2D eigenvalue weighted by atomic mass is 32.1. The number of rotatable bonds is 2. The minimum absolute atomic E-state index is 0.0532. The second-order valence-electron chi connectivity index (χ2n) is 7.32. The van der Waals surface area contributed by atoms with E-state index in [4.69, 9.17) is 4.98 Å². The number of thiophene rings is 1. The van der Waals surface area contributed by atoms with Crippen molar-refractivity contribution in [3.8, 4) is 10.6 Å². The quantitative estimate of drug-likeness (QED) is 0.439. The lowest BCUT2D eigenvalue weighted by molar-refractivity contribution is 0.0991. The number of fused-ring (bicyclic) bond motifs is 2. The van der Waals surface area contributed by atoms with E-state index in [0.29, 0.717) is 0 Å². The maximum Gasteiger partial charge on any atom is 0.259 e. The average Bonchev–Trinajstić information content (AvgIpc) is 3.33. The standard InChI is InChI=1S/C24H20N2OS/c1-15-7-9-20-18(13-15)19(14-21(25-20)23-10-8-16(2)28-23)24(27)26-12-11-17-5-3-4-6-22(17)26/h3-10,13-14H,11-12H2,1-2H3. The Bertz CT molecular complexity index is 1220. The molecule has 0 saturated heterocycles. The van der Waals surface area contributed by atoms with Crippen molar-refractivity contribution in [3.05, 3.63) is 82.2 Å². The Balaban J connectivity index is 1.69. The van der Waals surface area contributed by atoms with Crippen molar-refractivity contribution in [2.24, 2.45) is 0 Å². The predicted molar refractivity (Wildman–Crippen MR) is 116 cm³/mol. The van der Waals surface area contributed by atoms with E-state index in [1.54, 1.807) is 11.3 Å². The van der Waals surface area contributed by atoms with E-state index < -0.39 is 0 Å². The number of aromatic nitrogens is 1. The van der Waals surface area contributed by atoms with Gasteiger partial charge in [-0.05, 0) is 62.2 Å². The minimum atomic E-state index is 0.0532. The summed E-state index contributed by atoms with van der Waals surface area (Å²) in [4.78, 5) is 22.7. The molecular weight excluding hydrogens is 364 g/mol. The van der Waals surface area contributed by atoms with Gasteiger partial charge in [-0.2, -0.15) is 0 Å². The molecule has 0 bridgehead atoms. The second kappa shape index (κ2) is 6.57. The minimum Gasteiger partial charge on any atom is -0.308 e. The summed E-state index contributed by atoms with van der Waals surface area (Å²) in [5, 5.41) is 0.923. The van der Waals surface area contributed by atoms with Gasteiger partial charge in [0.25, 0.3) is 5.91 Å². The number of benzene rings is 2. The van der Waals surface area contributed by atoms with Crippen LogP contribution in [0.5, 0.6) is 0 Å². The number of carbonyl (C=O) groups is 1. The van der Waals surface area contributed by atoms with Gasteiger partial charge >= 0.3 is 0 Å². The van der Waals surface area contributed by atoms with Gasteiger partial charge in [-0.1, -0.05) is 29.8 Å². The van der Waals surface area contributed by atoms with Crippen LogP contribution in [0, 0.1) is 13.8 Å². The first-order valence-corrected chi connectivity index (χ1v) is 10.3. The molecule has 0 fully saturated rings. The largest absolute Gasteiger partial charge is 0.308 e. The molecule has 2 aromatic carbocycles.